The van der Waals surface area contributed by atoms with Gasteiger partial charge in [0.05, 0.1) is 11.0 Å². The van der Waals surface area contributed by atoms with Crippen LogP contribution in [0.2, 0.25) is 0 Å². The summed E-state index contributed by atoms with van der Waals surface area (Å²) in [6.45, 7) is 0.406. The Morgan fingerprint density at radius 1 is 1.19 bits per heavy atom. The van der Waals surface area contributed by atoms with Crippen LogP contribution >= 0.6 is 0 Å². The van der Waals surface area contributed by atoms with Crippen LogP contribution in [0.4, 0.5) is 0 Å². The molecule has 0 radical (unpaired) electrons. The number of rotatable bonds is 4. The predicted molar refractivity (Wildman–Crippen MR) is 82.1 cm³/mol. The first-order valence-electron chi connectivity index (χ1n) is 8.06. The molecule has 110 valence electrons. The van der Waals surface area contributed by atoms with E-state index in [2.05, 4.69) is 16.0 Å². The van der Waals surface area contributed by atoms with Crippen molar-refractivity contribution in [3.8, 4) is 0 Å². The number of para-hydroxylation sites is 2. The van der Waals surface area contributed by atoms with Crippen molar-refractivity contribution in [3.05, 3.63) is 30.1 Å². The first-order valence-corrected chi connectivity index (χ1v) is 8.06. The monoisotopic (exact) mass is 283 g/mol. The number of hydrogen-bond donors (Lipinski definition) is 1. The molecule has 2 aliphatic rings. The summed E-state index contributed by atoms with van der Waals surface area (Å²) in [5.41, 5.74) is 2.09. The van der Waals surface area contributed by atoms with Gasteiger partial charge in [-0.25, -0.2) is 4.98 Å². The minimum Gasteiger partial charge on any atom is -0.352 e. The Labute approximate surface area is 124 Å². The van der Waals surface area contributed by atoms with Crippen molar-refractivity contribution in [2.24, 2.45) is 0 Å². The third-order valence-electron chi connectivity index (χ3n) is 4.65. The zero-order chi connectivity index (χ0) is 14.2. The maximum atomic E-state index is 12.3. The highest BCUT2D eigenvalue weighted by atomic mass is 16.2. The molecule has 0 unspecified atom stereocenters. The third-order valence-corrected chi connectivity index (χ3v) is 4.65. The minimum atomic E-state index is 0.131. The summed E-state index contributed by atoms with van der Waals surface area (Å²) in [7, 11) is 0. The maximum absolute atomic E-state index is 12.3. The predicted octanol–water partition coefficient (Wildman–Crippen LogP) is 2.97. The number of hydrogen-bond acceptors (Lipinski definition) is 2. The van der Waals surface area contributed by atoms with Gasteiger partial charge in [-0.3, -0.25) is 4.79 Å². The number of nitrogens with zero attached hydrogens (tertiary/aromatic N) is 2. The molecule has 1 aromatic heterocycles. The van der Waals surface area contributed by atoms with E-state index >= 15 is 0 Å². The highest BCUT2D eigenvalue weighted by Crippen LogP contribution is 2.40. The Balaban J connectivity index is 1.59. The van der Waals surface area contributed by atoms with Gasteiger partial charge in [-0.05, 0) is 37.8 Å². The third kappa shape index (κ3) is 2.55. The van der Waals surface area contributed by atoms with Crippen LogP contribution in [0.1, 0.15) is 50.3 Å². The van der Waals surface area contributed by atoms with Crippen LogP contribution in [0.25, 0.3) is 11.0 Å². The summed E-state index contributed by atoms with van der Waals surface area (Å²) in [6.07, 6.45) is 7.15. The standard InChI is InChI=1S/C17H21N3O/c21-16(18-13-5-1-2-6-13)11-20-15-8-4-3-7-14(15)19-17(20)12-9-10-12/h3-4,7-8,12-13H,1-2,5-6,9-11H2,(H,18,21). The van der Waals surface area contributed by atoms with Crippen LogP contribution in [0.3, 0.4) is 0 Å². The Morgan fingerprint density at radius 2 is 1.95 bits per heavy atom. The van der Waals surface area contributed by atoms with E-state index in [1.807, 2.05) is 18.2 Å². The molecule has 2 saturated carbocycles. The second-order valence-electron chi connectivity index (χ2n) is 6.37. The van der Waals surface area contributed by atoms with E-state index in [9.17, 15) is 4.79 Å². The fraction of sp³-hybridized carbons (Fsp3) is 0.529. The molecule has 2 aromatic rings. The number of nitrogens with one attached hydrogen (secondary N) is 1. The molecule has 0 atom stereocenters. The number of fused-ring (bicyclic) bond motifs is 1. The molecule has 1 aromatic carbocycles. The van der Waals surface area contributed by atoms with Gasteiger partial charge in [-0.1, -0.05) is 25.0 Å². The molecule has 0 aliphatic heterocycles. The highest BCUT2D eigenvalue weighted by Gasteiger charge is 2.30. The fourth-order valence-electron chi connectivity index (χ4n) is 3.40. The van der Waals surface area contributed by atoms with Gasteiger partial charge in [0.25, 0.3) is 0 Å². The van der Waals surface area contributed by atoms with Gasteiger partial charge in [0, 0.05) is 12.0 Å². The summed E-state index contributed by atoms with van der Waals surface area (Å²) in [5, 5.41) is 3.18. The van der Waals surface area contributed by atoms with Crippen molar-refractivity contribution >= 4 is 16.9 Å². The van der Waals surface area contributed by atoms with Crippen LogP contribution in [-0.2, 0) is 11.3 Å². The molecule has 4 heteroatoms. The minimum absolute atomic E-state index is 0.131. The van der Waals surface area contributed by atoms with Crippen molar-refractivity contribution in [1.29, 1.82) is 0 Å². The molecule has 21 heavy (non-hydrogen) atoms. The maximum Gasteiger partial charge on any atom is 0.240 e. The molecule has 0 bridgehead atoms. The smallest absolute Gasteiger partial charge is 0.240 e. The topological polar surface area (TPSA) is 46.9 Å². The van der Waals surface area contributed by atoms with Crippen LogP contribution in [0.5, 0.6) is 0 Å². The van der Waals surface area contributed by atoms with Gasteiger partial charge in [0.2, 0.25) is 5.91 Å². The molecular weight excluding hydrogens is 262 g/mol. The number of amides is 1. The SMILES string of the molecule is O=C(Cn1c(C2CC2)nc2ccccc21)NC1CCCC1. The van der Waals surface area contributed by atoms with Crippen molar-refractivity contribution in [2.75, 3.05) is 0 Å². The van der Waals surface area contributed by atoms with Crippen molar-refractivity contribution in [3.63, 3.8) is 0 Å². The fourth-order valence-corrected chi connectivity index (χ4v) is 3.40. The quantitative estimate of drug-likeness (QED) is 0.937. The van der Waals surface area contributed by atoms with Crippen molar-refractivity contribution in [1.82, 2.24) is 14.9 Å². The first-order chi connectivity index (χ1) is 10.3. The summed E-state index contributed by atoms with van der Waals surface area (Å²) < 4.78 is 2.12. The van der Waals surface area contributed by atoms with Gasteiger partial charge in [0.15, 0.2) is 0 Å². The lowest BCUT2D eigenvalue weighted by molar-refractivity contribution is -0.122. The second-order valence-corrected chi connectivity index (χ2v) is 6.37. The average molecular weight is 283 g/mol. The van der Waals surface area contributed by atoms with E-state index in [0.29, 0.717) is 18.5 Å². The van der Waals surface area contributed by atoms with Gasteiger partial charge < -0.3 is 9.88 Å². The largest absolute Gasteiger partial charge is 0.352 e. The molecular formula is C17H21N3O. The Kier molecular flexibility index (Phi) is 3.17. The van der Waals surface area contributed by atoms with E-state index < -0.39 is 0 Å². The van der Waals surface area contributed by atoms with Gasteiger partial charge >= 0.3 is 0 Å². The van der Waals surface area contributed by atoms with E-state index in [4.69, 9.17) is 4.98 Å². The lowest BCUT2D eigenvalue weighted by Gasteiger charge is -2.14. The molecule has 1 heterocycles. The normalized spacial score (nSPS) is 19.2. The van der Waals surface area contributed by atoms with Crippen LogP contribution in [0, 0.1) is 0 Å². The number of carbonyl (C=O) groups is 1. The van der Waals surface area contributed by atoms with E-state index in [1.54, 1.807) is 0 Å². The van der Waals surface area contributed by atoms with Gasteiger partial charge in [-0.2, -0.15) is 0 Å². The highest BCUT2D eigenvalue weighted by molar-refractivity contribution is 5.81. The summed E-state index contributed by atoms with van der Waals surface area (Å²) in [6, 6.07) is 8.52. The van der Waals surface area contributed by atoms with E-state index in [0.717, 1.165) is 29.7 Å². The zero-order valence-electron chi connectivity index (χ0n) is 12.2. The molecule has 0 saturated heterocycles. The zero-order valence-corrected chi connectivity index (χ0v) is 12.2. The summed E-state index contributed by atoms with van der Waals surface area (Å²) in [5.74, 6) is 1.78. The van der Waals surface area contributed by atoms with E-state index in [-0.39, 0.29) is 5.91 Å². The van der Waals surface area contributed by atoms with Gasteiger partial charge in [0.1, 0.15) is 12.4 Å². The summed E-state index contributed by atoms with van der Waals surface area (Å²) >= 11 is 0. The number of carbonyl (C=O) groups excluding carboxylic acids is 1. The Hall–Kier alpha value is -1.84. The molecule has 2 aliphatic carbocycles. The number of benzene rings is 1. The molecule has 4 rings (SSSR count). The van der Waals surface area contributed by atoms with Crippen molar-refractivity contribution in [2.45, 2.75) is 57.0 Å². The lowest BCUT2D eigenvalue weighted by atomic mass is 10.2. The number of imidazole rings is 1. The van der Waals surface area contributed by atoms with Crippen LogP contribution in [-0.4, -0.2) is 21.5 Å². The molecule has 4 nitrogen and oxygen atoms in total. The molecule has 0 spiro atoms. The number of aromatic nitrogens is 2. The van der Waals surface area contributed by atoms with E-state index in [1.165, 1.54) is 25.7 Å². The Morgan fingerprint density at radius 3 is 2.71 bits per heavy atom. The van der Waals surface area contributed by atoms with Crippen LogP contribution < -0.4 is 5.32 Å². The summed E-state index contributed by atoms with van der Waals surface area (Å²) in [4.78, 5) is 17.1. The van der Waals surface area contributed by atoms with Crippen molar-refractivity contribution < 1.29 is 4.79 Å². The molecule has 2 fully saturated rings. The molecule has 1 N–H and O–H groups in total. The lowest BCUT2D eigenvalue weighted by Crippen LogP contribution is -2.35. The Bertz CT molecular complexity index is 666. The second kappa shape index (κ2) is 5.17. The average Bonchev–Trinajstić information content (AvgIpc) is 3.09. The first kappa shape index (κ1) is 12.9. The van der Waals surface area contributed by atoms with Gasteiger partial charge in [-0.15, -0.1) is 0 Å². The van der Waals surface area contributed by atoms with Crippen LogP contribution in [0.15, 0.2) is 24.3 Å². The molecule has 1 amide bonds.